The molecule has 2 rings (SSSR count). The summed E-state index contributed by atoms with van der Waals surface area (Å²) in [5.74, 6) is -4.40. The molecule has 0 spiro atoms. The highest BCUT2D eigenvalue weighted by molar-refractivity contribution is 5.85. The first-order valence-electron chi connectivity index (χ1n) is 7.54. The van der Waals surface area contributed by atoms with Gasteiger partial charge >= 0.3 is 11.8 Å². The molecule has 0 aliphatic heterocycles. The highest BCUT2D eigenvalue weighted by Crippen LogP contribution is 2.36. The van der Waals surface area contributed by atoms with Crippen LogP contribution >= 0.6 is 0 Å². The van der Waals surface area contributed by atoms with Crippen molar-refractivity contribution in [3.8, 4) is 11.5 Å². The molecule has 1 aromatic carbocycles. The van der Waals surface area contributed by atoms with Gasteiger partial charge in [0.15, 0.2) is 11.6 Å². The molecular weight excluding hydrogens is 366 g/mol. The van der Waals surface area contributed by atoms with E-state index in [2.05, 4.69) is 10.3 Å². The van der Waals surface area contributed by atoms with Crippen LogP contribution in [0.2, 0.25) is 0 Å². The number of halogens is 2. The number of anilines is 2. The molecule has 3 N–H and O–H groups in total. The molecule has 11 heteroatoms. The third-order valence-corrected chi connectivity index (χ3v) is 3.00. The molecule has 27 heavy (non-hydrogen) atoms. The number of amides is 1. The zero-order valence-electron chi connectivity index (χ0n) is 14.6. The first kappa shape index (κ1) is 19.8. The number of nitrogens with one attached hydrogen (secondary N) is 1. The van der Waals surface area contributed by atoms with Crippen molar-refractivity contribution in [2.45, 2.75) is 26.4 Å². The average molecular weight is 382 g/mol. The average Bonchev–Trinajstić information content (AvgIpc) is 2.52. The Morgan fingerprint density at radius 2 is 1.89 bits per heavy atom. The van der Waals surface area contributed by atoms with Gasteiger partial charge in [-0.3, -0.25) is 15.4 Å². The summed E-state index contributed by atoms with van der Waals surface area (Å²) in [6.45, 7) is 4.81. The van der Waals surface area contributed by atoms with Crippen molar-refractivity contribution in [3.63, 3.8) is 0 Å². The van der Waals surface area contributed by atoms with Gasteiger partial charge in [-0.25, -0.2) is 14.2 Å². The van der Waals surface area contributed by atoms with E-state index in [-0.39, 0.29) is 0 Å². The lowest BCUT2D eigenvalue weighted by Crippen LogP contribution is -2.27. The number of nitrogens with two attached hydrogens (primary N) is 1. The number of carbonyl (C=O) groups is 1. The fourth-order valence-corrected chi connectivity index (χ4v) is 1.96. The Balaban J connectivity index is 2.30. The Bertz CT molecular complexity index is 899. The van der Waals surface area contributed by atoms with Crippen LogP contribution in [0.25, 0.3) is 0 Å². The van der Waals surface area contributed by atoms with Gasteiger partial charge in [0.2, 0.25) is 17.4 Å². The topological polar surface area (TPSA) is 130 Å². The molecule has 2 aromatic rings. The van der Waals surface area contributed by atoms with Crippen LogP contribution in [0.4, 0.5) is 30.8 Å². The summed E-state index contributed by atoms with van der Waals surface area (Å²) in [6, 6.07) is 3.10. The molecule has 1 aromatic heterocycles. The van der Waals surface area contributed by atoms with Crippen LogP contribution in [-0.2, 0) is 4.74 Å². The van der Waals surface area contributed by atoms with Gasteiger partial charge in [0.1, 0.15) is 5.60 Å². The zero-order chi connectivity index (χ0) is 20.4. The number of nitro groups is 1. The van der Waals surface area contributed by atoms with E-state index in [1.165, 1.54) is 0 Å². The van der Waals surface area contributed by atoms with Gasteiger partial charge in [-0.1, -0.05) is 0 Å². The predicted molar refractivity (Wildman–Crippen MR) is 91.6 cm³/mol. The second-order valence-electron chi connectivity index (χ2n) is 6.27. The highest BCUT2D eigenvalue weighted by Gasteiger charge is 2.24. The number of nitrogens with zero attached hydrogens (tertiary/aromatic N) is 2. The van der Waals surface area contributed by atoms with Crippen LogP contribution in [-0.4, -0.2) is 21.6 Å². The van der Waals surface area contributed by atoms with Crippen molar-refractivity contribution in [3.05, 3.63) is 46.1 Å². The molecule has 0 aliphatic carbocycles. The Morgan fingerprint density at radius 1 is 1.22 bits per heavy atom. The van der Waals surface area contributed by atoms with Crippen molar-refractivity contribution >= 4 is 23.3 Å². The molecule has 0 saturated carbocycles. The lowest BCUT2D eigenvalue weighted by atomic mass is 10.2. The third kappa shape index (κ3) is 4.77. The van der Waals surface area contributed by atoms with E-state index in [4.69, 9.17) is 15.2 Å². The molecule has 9 nitrogen and oxygen atoms in total. The molecule has 1 amide bonds. The summed E-state index contributed by atoms with van der Waals surface area (Å²) in [7, 11) is 0. The fourth-order valence-electron chi connectivity index (χ4n) is 1.96. The second kappa shape index (κ2) is 7.40. The van der Waals surface area contributed by atoms with E-state index in [0.29, 0.717) is 0 Å². The summed E-state index contributed by atoms with van der Waals surface area (Å²) < 4.78 is 38.5. The molecule has 0 aliphatic rings. The molecule has 0 radical (unpaired) electrons. The summed E-state index contributed by atoms with van der Waals surface area (Å²) in [5.41, 5.74) is 3.41. The standard InChI is InChI=1S/C16H16F2N4O5/c1-16(2,3)27-15(23)21-8-4-5-9(12(18)11(8)17)26-10-6-7-20-14(19)13(10)22(24)25/h4-7H,1-3H3,(H2,19,20)(H,21,23). The normalized spacial score (nSPS) is 11.0. The maximum absolute atomic E-state index is 14.3. The minimum absolute atomic E-state index is 0.418. The van der Waals surface area contributed by atoms with Gasteiger partial charge in [-0.15, -0.1) is 0 Å². The molecule has 144 valence electrons. The number of carbonyl (C=O) groups excluding carboxylic acids is 1. The first-order valence-corrected chi connectivity index (χ1v) is 7.54. The van der Waals surface area contributed by atoms with Gasteiger partial charge in [-0.05, 0) is 32.9 Å². The summed E-state index contributed by atoms with van der Waals surface area (Å²) in [5, 5.41) is 13.1. The van der Waals surface area contributed by atoms with E-state index in [9.17, 15) is 23.7 Å². The van der Waals surface area contributed by atoms with Gasteiger partial charge in [0.25, 0.3) is 0 Å². The number of nitrogen functional groups attached to an aromatic ring is 1. The number of aromatic nitrogens is 1. The Labute approximate surface area is 152 Å². The SMILES string of the molecule is CC(C)(C)OC(=O)Nc1ccc(Oc2ccnc(N)c2[N+](=O)[O-])c(F)c1F. The van der Waals surface area contributed by atoms with Crippen LogP contribution in [0.1, 0.15) is 20.8 Å². The Kier molecular flexibility index (Phi) is 5.43. The Hall–Kier alpha value is -3.50. The monoisotopic (exact) mass is 382 g/mol. The van der Waals surface area contributed by atoms with Crippen LogP contribution < -0.4 is 15.8 Å². The largest absolute Gasteiger partial charge is 0.447 e. The van der Waals surface area contributed by atoms with Crippen molar-refractivity contribution in [2.75, 3.05) is 11.1 Å². The van der Waals surface area contributed by atoms with E-state index in [1.54, 1.807) is 20.8 Å². The predicted octanol–water partition coefficient (Wildman–Crippen LogP) is 3.99. The van der Waals surface area contributed by atoms with E-state index >= 15 is 0 Å². The first-order chi connectivity index (χ1) is 12.5. The lowest BCUT2D eigenvalue weighted by molar-refractivity contribution is -0.384. The molecule has 0 bridgehead atoms. The molecular formula is C16H16F2N4O5. The quantitative estimate of drug-likeness (QED) is 0.604. The maximum Gasteiger partial charge on any atom is 0.412 e. The van der Waals surface area contributed by atoms with Crippen LogP contribution in [0, 0.1) is 21.7 Å². The van der Waals surface area contributed by atoms with Crippen molar-refractivity contribution < 1.29 is 28.0 Å². The number of hydrogen-bond donors (Lipinski definition) is 2. The van der Waals surface area contributed by atoms with Gasteiger partial charge < -0.3 is 15.2 Å². The Morgan fingerprint density at radius 3 is 2.48 bits per heavy atom. The molecule has 0 saturated heterocycles. The van der Waals surface area contributed by atoms with Crippen molar-refractivity contribution in [1.29, 1.82) is 0 Å². The molecule has 0 unspecified atom stereocenters. The van der Waals surface area contributed by atoms with Gasteiger partial charge in [0.05, 0.1) is 10.6 Å². The molecule has 0 atom stereocenters. The molecule has 0 fully saturated rings. The van der Waals surface area contributed by atoms with Crippen LogP contribution in [0.5, 0.6) is 11.5 Å². The fraction of sp³-hybridized carbons (Fsp3) is 0.250. The second-order valence-corrected chi connectivity index (χ2v) is 6.27. The van der Waals surface area contributed by atoms with Gasteiger partial charge in [-0.2, -0.15) is 4.39 Å². The summed E-state index contributed by atoms with van der Waals surface area (Å²) in [6.07, 6.45) is 0.136. The third-order valence-electron chi connectivity index (χ3n) is 3.00. The van der Waals surface area contributed by atoms with E-state index < -0.39 is 56.9 Å². The van der Waals surface area contributed by atoms with Gasteiger partial charge in [0, 0.05) is 12.3 Å². The van der Waals surface area contributed by atoms with Crippen molar-refractivity contribution in [1.82, 2.24) is 4.98 Å². The number of ether oxygens (including phenoxy) is 2. The van der Waals surface area contributed by atoms with E-state index in [1.807, 2.05) is 0 Å². The van der Waals surface area contributed by atoms with E-state index in [0.717, 1.165) is 24.4 Å². The number of rotatable bonds is 4. The smallest absolute Gasteiger partial charge is 0.412 e. The highest BCUT2D eigenvalue weighted by atomic mass is 19.2. The van der Waals surface area contributed by atoms with Crippen LogP contribution in [0.3, 0.4) is 0 Å². The summed E-state index contributed by atoms with van der Waals surface area (Å²) >= 11 is 0. The zero-order valence-corrected chi connectivity index (χ0v) is 14.6. The minimum atomic E-state index is -1.46. The van der Waals surface area contributed by atoms with Crippen molar-refractivity contribution in [2.24, 2.45) is 0 Å². The molecule has 1 heterocycles. The minimum Gasteiger partial charge on any atom is -0.447 e. The maximum atomic E-state index is 14.3. The summed E-state index contributed by atoms with van der Waals surface area (Å²) in [4.78, 5) is 25.4. The number of benzene rings is 1. The lowest BCUT2D eigenvalue weighted by Gasteiger charge is -2.20. The number of pyridine rings is 1. The number of hydrogen-bond acceptors (Lipinski definition) is 7. The van der Waals surface area contributed by atoms with Crippen LogP contribution in [0.15, 0.2) is 24.4 Å².